The van der Waals surface area contributed by atoms with Gasteiger partial charge in [0.2, 0.25) is 0 Å². The summed E-state index contributed by atoms with van der Waals surface area (Å²) in [5.74, 6) is 0.565. The zero-order chi connectivity index (χ0) is 19.7. The third-order valence-corrected chi connectivity index (χ3v) is 6.90. The Labute approximate surface area is 174 Å². The maximum atomic E-state index is 10.5. The first-order chi connectivity index (χ1) is 13.5. The minimum Gasteiger partial charge on any atom is -0.387 e. The van der Waals surface area contributed by atoms with E-state index in [4.69, 9.17) is 17.0 Å². The molecule has 1 atom stereocenters. The number of aliphatic hydroxyl groups is 1. The van der Waals surface area contributed by atoms with E-state index in [9.17, 15) is 5.11 Å². The third-order valence-electron chi connectivity index (χ3n) is 5.71. The van der Waals surface area contributed by atoms with E-state index in [0.29, 0.717) is 17.3 Å². The van der Waals surface area contributed by atoms with Crippen molar-refractivity contribution in [2.75, 3.05) is 19.6 Å². The number of rotatable bonds is 5. The molecule has 0 amide bonds. The van der Waals surface area contributed by atoms with Crippen molar-refractivity contribution in [2.45, 2.75) is 32.4 Å². The summed E-state index contributed by atoms with van der Waals surface area (Å²) >= 11 is 7.58. The summed E-state index contributed by atoms with van der Waals surface area (Å²) in [5, 5.41) is 19.6. The molecule has 148 valence electrons. The number of hydrogen-bond acceptors (Lipinski definition) is 4. The summed E-state index contributed by atoms with van der Waals surface area (Å²) in [7, 11) is 0. The van der Waals surface area contributed by atoms with E-state index in [1.807, 2.05) is 30.3 Å². The molecule has 0 spiro atoms. The molecule has 2 aromatic carbocycles. The summed E-state index contributed by atoms with van der Waals surface area (Å²) in [6.45, 7) is 5.62. The van der Waals surface area contributed by atoms with Gasteiger partial charge in [-0.15, -0.1) is 0 Å². The molecule has 2 N–H and O–H groups in total. The van der Waals surface area contributed by atoms with Crippen LogP contribution in [0.25, 0.3) is 10.2 Å². The second kappa shape index (κ2) is 8.37. The van der Waals surface area contributed by atoms with Gasteiger partial charge in [0.1, 0.15) is 0 Å². The number of piperidine rings is 1. The Bertz CT molecular complexity index is 1000. The topological polar surface area (TPSA) is 52.2 Å². The molecule has 0 bridgehead atoms. The standard InChI is InChI=1S/C22H26ClN3OS/c1-15-2-4-17(5-3-15)20(27)14-25-10-8-16(9-11-25)13-26-19-7-6-18(23)12-21(19)28-22(26)24/h2-7,12,16,20,24,27H,8-11,13-14H2,1H3/t20-/m0/s1. The Morgan fingerprint density at radius 3 is 2.61 bits per heavy atom. The van der Waals surface area contributed by atoms with Gasteiger partial charge in [0.15, 0.2) is 4.80 Å². The average molecular weight is 416 g/mol. The predicted octanol–water partition coefficient (Wildman–Crippen LogP) is 4.59. The molecule has 1 aliphatic heterocycles. The molecular formula is C22H26ClN3OS. The van der Waals surface area contributed by atoms with Crippen molar-refractivity contribution in [3.8, 4) is 0 Å². The highest BCUT2D eigenvalue weighted by Gasteiger charge is 2.22. The summed E-state index contributed by atoms with van der Waals surface area (Å²) in [4.78, 5) is 2.95. The molecule has 1 aliphatic rings. The van der Waals surface area contributed by atoms with Crippen molar-refractivity contribution in [2.24, 2.45) is 5.92 Å². The van der Waals surface area contributed by atoms with E-state index in [-0.39, 0.29) is 0 Å². The zero-order valence-corrected chi connectivity index (χ0v) is 17.6. The molecule has 4 nitrogen and oxygen atoms in total. The summed E-state index contributed by atoms with van der Waals surface area (Å²) in [5.41, 5.74) is 3.31. The Kier molecular flexibility index (Phi) is 5.88. The van der Waals surface area contributed by atoms with Gasteiger partial charge in [-0.1, -0.05) is 52.8 Å². The number of nitrogens with one attached hydrogen (secondary N) is 1. The SMILES string of the molecule is Cc1ccc([C@@H](O)CN2CCC(Cn3c(=N)sc4cc(Cl)ccc43)CC2)cc1. The number of aryl methyl sites for hydroxylation is 1. The van der Waals surface area contributed by atoms with Crippen LogP contribution < -0.4 is 4.80 Å². The normalized spacial score (nSPS) is 17.2. The van der Waals surface area contributed by atoms with Crippen molar-refractivity contribution >= 4 is 33.2 Å². The smallest absolute Gasteiger partial charge is 0.182 e. The van der Waals surface area contributed by atoms with Gasteiger partial charge >= 0.3 is 0 Å². The number of aliphatic hydroxyl groups excluding tert-OH is 1. The largest absolute Gasteiger partial charge is 0.387 e. The Balaban J connectivity index is 1.35. The van der Waals surface area contributed by atoms with Gasteiger partial charge < -0.3 is 14.6 Å². The van der Waals surface area contributed by atoms with Gasteiger partial charge in [0.05, 0.1) is 16.3 Å². The van der Waals surface area contributed by atoms with E-state index in [0.717, 1.165) is 53.3 Å². The minimum atomic E-state index is -0.433. The number of hydrogen-bond donors (Lipinski definition) is 2. The number of halogens is 1. The predicted molar refractivity (Wildman–Crippen MR) is 116 cm³/mol. The number of aromatic nitrogens is 1. The highest BCUT2D eigenvalue weighted by atomic mass is 35.5. The van der Waals surface area contributed by atoms with Crippen molar-refractivity contribution in [3.05, 3.63) is 63.4 Å². The Morgan fingerprint density at radius 2 is 1.89 bits per heavy atom. The third kappa shape index (κ3) is 4.33. The van der Waals surface area contributed by atoms with E-state index in [1.54, 1.807) is 0 Å². The van der Waals surface area contributed by atoms with Gasteiger partial charge in [-0.2, -0.15) is 0 Å². The minimum absolute atomic E-state index is 0.433. The van der Waals surface area contributed by atoms with Crippen molar-refractivity contribution in [1.82, 2.24) is 9.47 Å². The first kappa shape index (κ1) is 19.6. The molecule has 1 saturated heterocycles. The molecule has 28 heavy (non-hydrogen) atoms. The van der Waals surface area contributed by atoms with Crippen LogP contribution in [0.2, 0.25) is 5.02 Å². The highest BCUT2D eigenvalue weighted by molar-refractivity contribution is 7.16. The molecule has 2 heterocycles. The Hall–Kier alpha value is -1.66. The monoisotopic (exact) mass is 415 g/mol. The second-order valence-corrected chi connectivity index (χ2v) is 9.27. The van der Waals surface area contributed by atoms with Crippen LogP contribution in [-0.2, 0) is 6.54 Å². The molecule has 4 rings (SSSR count). The van der Waals surface area contributed by atoms with Crippen LogP contribution in [0.4, 0.5) is 0 Å². The fourth-order valence-electron chi connectivity index (χ4n) is 3.99. The van der Waals surface area contributed by atoms with E-state index < -0.39 is 6.10 Å². The lowest BCUT2D eigenvalue weighted by atomic mass is 9.96. The van der Waals surface area contributed by atoms with Gasteiger partial charge in [-0.3, -0.25) is 5.41 Å². The fourth-order valence-corrected chi connectivity index (χ4v) is 5.19. The van der Waals surface area contributed by atoms with Crippen LogP contribution in [0.3, 0.4) is 0 Å². The van der Waals surface area contributed by atoms with Crippen LogP contribution in [0.15, 0.2) is 42.5 Å². The summed E-state index contributed by atoms with van der Waals surface area (Å²) in [6, 6.07) is 14.0. The second-order valence-electron chi connectivity index (χ2n) is 7.80. The fraction of sp³-hybridized carbons (Fsp3) is 0.409. The van der Waals surface area contributed by atoms with Crippen molar-refractivity contribution in [3.63, 3.8) is 0 Å². The molecule has 1 aromatic heterocycles. The van der Waals surface area contributed by atoms with Gasteiger partial charge in [-0.05, 0) is 62.5 Å². The van der Waals surface area contributed by atoms with Crippen LogP contribution in [-0.4, -0.2) is 34.2 Å². The number of benzene rings is 2. The molecular weight excluding hydrogens is 390 g/mol. The lowest BCUT2D eigenvalue weighted by molar-refractivity contribution is 0.0867. The molecule has 1 fully saturated rings. The number of likely N-dealkylation sites (tertiary alicyclic amines) is 1. The number of nitrogens with zero attached hydrogens (tertiary/aromatic N) is 2. The maximum Gasteiger partial charge on any atom is 0.182 e. The van der Waals surface area contributed by atoms with Crippen LogP contribution >= 0.6 is 22.9 Å². The molecule has 6 heteroatoms. The summed E-state index contributed by atoms with van der Waals surface area (Å²) in [6.07, 6.45) is 1.76. The number of β-amino-alcohol motifs (C(OH)–C–C–N with tert-alkyl or cyclic N) is 1. The lowest BCUT2D eigenvalue weighted by Crippen LogP contribution is -2.38. The number of thiazole rings is 1. The molecule has 0 aliphatic carbocycles. The summed E-state index contributed by atoms with van der Waals surface area (Å²) < 4.78 is 3.20. The maximum absolute atomic E-state index is 10.5. The highest BCUT2D eigenvalue weighted by Crippen LogP contribution is 2.26. The van der Waals surface area contributed by atoms with Gasteiger partial charge in [-0.25, -0.2) is 0 Å². The zero-order valence-electron chi connectivity index (χ0n) is 16.1. The van der Waals surface area contributed by atoms with E-state index in [2.05, 4.69) is 28.5 Å². The molecule has 0 saturated carbocycles. The van der Waals surface area contributed by atoms with Crippen molar-refractivity contribution < 1.29 is 5.11 Å². The van der Waals surface area contributed by atoms with Gasteiger partial charge in [0, 0.05) is 18.1 Å². The quantitative estimate of drug-likeness (QED) is 0.640. The van der Waals surface area contributed by atoms with Gasteiger partial charge in [0.25, 0.3) is 0 Å². The van der Waals surface area contributed by atoms with Crippen LogP contribution in [0, 0.1) is 18.3 Å². The molecule has 3 aromatic rings. The Morgan fingerprint density at radius 1 is 1.18 bits per heavy atom. The van der Waals surface area contributed by atoms with Crippen LogP contribution in [0.1, 0.15) is 30.1 Å². The van der Waals surface area contributed by atoms with E-state index >= 15 is 0 Å². The first-order valence-electron chi connectivity index (χ1n) is 9.80. The van der Waals surface area contributed by atoms with E-state index in [1.165, 1.54) is 16.9 Å². The average Bonchev–Trinajstić information content (AvgIpc) is 2.98. The number of fused-ring (bicyclic) bond motifs is 1. The molecule has 0 radical (unpaired) electrons. The lowest BCUT2D eigenvalue weighted by Gasteiger charge is -2.33. The first-order valence-corrected chi connectivity index (χ1v) is 11.0. The van der Waals surface area contributed by atoms with Crippen molar-refractivity contribution in [1.29, 1.82) is 5.41 Å². The van der Waals surface area contributed by atoms with Crippen LogP contribution in [0.5, 0.6) is 0 Å². The molecule has 0 unspecified atom stereocenters.